The number of benzene rings is 2. The highest BCUT2D eigenvalue weighted by atomic mass is 16.4. The predicted molar refractivity (Wildman–Crippen MR) is 105 cm³/mol. The van der Waals surface area contributed by atoms with Crippen LogP contribution in [0.4, 0.5) is 5.69 Å². The Bertz CT molecular complexity index is 1200. The van der Waals surface area contributed by atoms with Crippen LogP contribution in [0.25, 0.3) is 32.9 Å². The van der Waals surface area contributed by atoms with Gasteiger partial charge in [0.2, 0.25) is 0 Å². The molecule has 0 atom stereocenters. The SMILES string of the molecule is Cn1nc(C2CC2)c2c(B(O)O)cc(-c3ccc4c(N)cnnc4c3)cc21. The lowest BCUT2D eigenvalue weighted by Gasteiger charge is -2.10. The van der Waals surface area contributed by atoms with Gasteiger partial charge in [0.15, 0.2) is 0 Å². The number of anilines is 1. The molecule has 8 heteroatoms. The van der Waals surface area contributed by atoms with Crippen LogP contribution in [-0.4, -0.2) is 37.1 Å². The molecule has 1 aliphatic rings. The number of fused-ring (bicyclic) bond motifs is 2. The van der Waals surface area contributed by atoms with Crippen LogP contribution in [0.2, 0.25) is 0 Å². The summed E-state index contributed by atoms with van der Waals surface area (Å²) >= 11 is 0. The van der Waals surface area contributed by atoms with Crippen LogP contribution < -0.4 is 11.2 Å². The molecule has 0 amide bonds. The summed E-state index contributed by atoms with van der Waals surface area (Å²) in [5.41, 5.74) is 11.3. The molecule has 1 saturated carbocycles. The smallest absolute Gasteiger partial charge is 0.423 e. The van der Waals surface area contributed by atoms with Gasteiger partial charge in [-0.1, -0.05) is 12.1 Å². The zero-order valence-electron chi connectivity index (χ0n) is 14.8. The summed E-state index contributed by atoms with van der Waals surface area (Å²) in [4.78, 5) is 0. The topological polar surface area (TPSA) is 110 Å². The summed E-state index contributed by atoms with van der Waals surface area (Å²) in [5, 5.41) is 34.4. The Morgan fingerprint density at radius 1 is 1.15 bits per heavy atom. The number of nitrogens with two attached hydrogens (primary N) is 1. The molecule has 0 unspecified atom stereocenters. The normalized spacial score (nSPS) is 14.2. The van der Waals surface area contributed by atoms with Gasteiger partial charge in [-0.2, -0.15) is 15.3 Å². The third-order valence-electron chi connectivity index (χ3n) is 5.26. The van der Waals surface area contributed by atoms with Gasteiger partial charge in [-0.15, -0.1) is 0 Å². The molecule has 0 radical (unpaired) electrons. The summed E-state index contributed by atoms with van der Waals surface area (Å²) in [6.45, 7) is 0. The largest absolute Gasteiger partial charge is 0.489 e. The Morgan fingerprint density at radius 2 is 1.96 bits per heavy atom. The second kappa shape index (κ2) is 5.77. The van der Waals surface area contributed by atoms with Gasteiger partial charge in [-0.3, -0.25) is 4.68 Å². The first-order valence-electron chi connectivity index (χ1n) is 8.91. The number of aryl methyl sites for hydroxylation is 1. The minimum absolute atomic E-state index is 0.413. The van der Waals surface area contributed by atoms with E-state index in [4.69, 9.17) is 5.73 Å². The van der Waals surface area contributed by atoms with E-state index in [9.17, 15) is 10.0 Å². The van der Waals surface area contributed by atoms with E-state index < -0.39 is 7.12 Å². The van der Waals surface area contributed by atoms with Gasteiger partial charge in [0.05, 0.1) is 28.6 Å². The first kappa shape index (κ1) is 16.2. The fraction of sp³-hybridized carbons (Fsp3) is 0.211. The summed E-state index contributed by atoms with van der Waals surface area (Å²) < 4.78 is 1.82. The lowest BCUT2D eigenvalue weighted by Crippen LogP contribution is -2.31. The van der Waals surface area contributed by atoms with Crippen molar-refractivity contribution in [1.82, 2.24) is 20.0 Å². The molecule has 0 spiro atoms. The highest BCUT2D eigenvalue weighted by Gasteiger charge is 2.32. The van der Waals surface area contributed by atoms with Gasteiger partial charge < -0.3 is 15.8 Å². The fourth-order valence-corrected chi connectivity index (χ4v) is 3.72. The molecule has 4 aromatic rings. The Morgan fingerprint density at radius 3 is 2.70 bits per heavy atom. The van der Waals surface area contributed by atoms with Gasteiger partial charge in [0.1, 0.15) is 0 Å². The summed E-state index contributed by atoms with van der Waals surface area (Å²) in [7, 11) is 0.322. The van der Waals surface area contributed by atoms with Gasteiger partial charge in [0, 0.05) is 23.7 Å². The zero-order chi connectivity index (χ0) is 18.7. The summed E-state index contributed by atoms with van der Waals surface area (Å²) in [5.74, 6) is 0.413. The molecule has 7 nitrogen and oxygen atoms in total. The number of hydrogen-bond donors (Lipinski definition) is 3. The molecule has 2 aromatic heterocycles. The van der Waals surface area contributed by atoms with Crippen molar-refractivity contribution in [3.63, 3.8) is 0 Å². The molecule has 27 heavy (non-hydrogen) atoms. The average Bonchev–Trinajstić information content (AvgIpc) is 3.45. The van der Waals surface area contributed by atoms with Crippen molar-refractivity contribution in [2.45, 2.75) is 18.8 Å². The molecule has 134 valence electrons. The maximum Gasteiger partial charge on any atom is 0.489 e. The van der Waals surface area contributed by atoms with Crippen molar-refractivity contribution in [3.8, 4) is 11.1 Å². The molecular formula is C19H18BN5O2. The maximum absolute atomic E-state index is 10.0. The maximum atomic E-state index is 10.0. The molecule has 0 aliphatic heterocycles. The number of aromatic nitrogens is 4. The van der Waals surface area contributed by atoms with Crippen molar-refractivity contribution in [2.24, 2.45) is 7.05 Å². The Balaban J connectivity index is 1.75. The predicted octanol–water partition coefficient (Wildman–Crippen LogP) is 1.32. The van der Waals surface area contributed by atoms with Gasteiger partial charge >= 0.3 is 7.12 Å². The number of nitrogen functional groups attached to an aromatic ring is 1. The molecular weight excluding hydrogens is 341 g/mol. The molecule has 0 saturated heterocycles. The van der Waals surface area contributed by atoms with E-state index in [2.05, 4.69) is 15.3 Å². The zero-order valence-corrected chi connectivity index (χ0v) is 14.8. The minimum atomic E-state index is -1.56. The van der Waals surface area contributed by atoms with Crippen LogP contribution >= 0.6 is 0 Å². The first-order valence-corrected chi connectivity index (χ1v) is 8.91. The van der Waals surface area contributed by atoms with Crippen LogP contribution in [0.1, 0.15) is 24.5 Å². The third-order valence-corrected chi connectivity index (χ3v) is 5.26. The highest BCUT2D eigenvalue weighted by Crippen LogP contribution is 2.42. The van der Waals surface area contributed by atoms with Crippen LogP contribution in [0.5, 0.6) is 0 Å². The van der Waals surface area contributed by atoms with Gasteiger partial charge in [0.25, 0.3) is 0 Å². The van der Waals surface area contributed by atoms with E-state index in [-0.39, 0.29) is 0 Å². The van der Waals surface area contributed by atoms with Crippen LogP contribution in [-0.2, 0) is 7.05 Å². The average molecular weight is 359 g/mol. The van der Waals surface area contributed by atoms with Crippen LogP contribution in [0.15, 0.2) is 36.5 Å². The van der Waals surface area contributed by atoms with E-state index in [0.29, 0.717) is 22.6 Å². The van der Waals surface area contributed by atoms with Crippen molar-refractivity contribution < 1.29 is 10.0 Å². The Hall–Kier alpha value is -2.97. The molecule has 5 rings (SSSR count). The van der Waals surface area contributed by atoms with E-state index in [1.165, 1.54) is 6.20 Å². The highest BCUT2D eigenvalue weighted by molar-refractivity contribution is 6.62. The van der Waals surface area contributed by atoms with Gasteiger partial charge in [-0.05, 0) is 47.6 Å². The van der Waals surface area contributed by atoms with Crippen molar-refractivity contribution >= 4 is 40.1 Å². The molecule has 4 N–H and O–H groups in total. The Labute approximate surface area is 155 Å². The third kappa shape index (κ3) is 2.57. The van der Waals surface area contributed by atoms with E-state index >= 15 is 0 Å². The number of hydrogen-bond acceptors (Lipinski definition) is 6. The van der Waals surface area contributed by atoms with Crippen LogP contribution in [0, 0.1) is 0 Å². The van der Waals surface area contributed by atoms with Crippen molar-refractivity contribution in [3.05, 3.63) is 42.2 Å². The van der Waals surface area contributed by atoms with E-state index in [1.54, 1.807) is 0 Å². The standard InChI is InChI=1S/C19H18BN5O2/c1-25-17-8-12(11-4-5-13-15(21)9-22-23-16(13)7-11)6-14(20(26)27)18(17)19(24-25)10-2-3-10/h4-10,26-27H,2-3H2,1H3,(H2,21,23). The molecule has 1 aliphatic carbocycles. The van der Waals surface area contributed by atoms with Gasteiger partial charge in [-0.25, -0.2) is 0 Å². The first-order chi connectivity index (χ1) is 13.0. The second-order valence-corrected chi connectivity index (χ2v) is 7.15. The van der Waals surface area contributed by atoms with E-state index in [0.717, 1.165) is 46.0 Å². The molecule has 2 heterocycles. The van der Waals surface area contributed by atoms with Crippen LogP contribution in [0.3, 0.4) is 0 Å². The summed E-state index contributed by atoms with van der Waals surface area (Å²) in [6, 6.07) is 9.62. The van der Waals surface area contributed by atoms with Crippen molar-refractivity contribution in [1.29, 1.82) is 0 Å². The fourth-order valence-electron chi connectivity index (χ4n) is 3.72. The quantitative estimate of drug-likeness (QED) is 0.476. The van der Waals surface area contributed by atoms with E-state index in [1.807, 2.05) is 42.1 Å². The number of rotatable bonds is 3. The lowest BCUT2D eigenvalue weighted by molar-refractivity contribution is 0.426. The Kier molecular flexibility index (Phi) is 3.47. The molecule has 2 aromatic carbocycles. The summed E-state index contributed by atoms with van der Waals surface area (Å²) in [6.07, 6.45) is 3.72. The second-order valence-electron chi connectivity index (χ2n) is 7.15. The number of nitrogens with zero attached hydrogens (tertiary/aromatic N) is 4. The molecule has 1 fully saturated rings. The molecule has 0 bridgehead atoms. The van der Waals surface area contributed by atoms with Crippen molar-refractivity contribution in [2.75, 3.05) is 5.73 Å². The monoisotopic (exact) mass is 359 g/mol. The minimum Gasteiger partial charge on any atom is -0.423 e. The lowest BCUT2D eigenvalue weighted by atomic mass is 9.76.